The molecular weight excluding hydrogens is 278 g/mol. The van der Waals surface area contributed by atoms with E-state index in [0.717, 1.165) is 0 Å². The first-order valence-electron chi connectivity index (χ1n) is 6.28. The molecule has 6 heteroatoms. The maximum Gasteiger partial charge on any atom is 0.241 e. The molecule has 0 heterocycles. The van der Waals surface area contributed by atoms with Crippen LogP contribution in [0.1, 0.15) is 18.1 Å². The summed E-state index contributed by atoms with van der Waals surface area (Å²) in [5.74, 6) is -1.33. The molecule has 0 fully saturated rings. The zero-order valence-electron chi connectivity index (χ0n) is 11.0. The molecule has 2 aromatic carbocycles. The summed E-state index contributed by atoms with van der Waals surface area (Å²) in [5, 5.41) is 9.84. The SMILES string of the molecule is O=C(CC(O)c1cccc(F)c1)NNc1ccc(F)cc1. The minimum Gasteiger partial charge on any atom is -0.388 e. The summed E-state index contributed by atoms with van der Waals surface area (Å²) in [6.45, 7) is 0. The molecule has 0 aliphatic carbocycles. The number of benzene rings is 2. The van der Waals surface area contributed by atoms with E-state index in [1.54, 1.807) is 0 Å². The van der Waals surface area contributed by atoms with E-state index in [-0.39, 0.29) is 12.2 Å². The van der Waals surface area contributed by atoms with Gasteiger partial charge in [-0.15, -0.1) is 0 Å². The molecule has 3 N–H and O–H groups in total. The maximum atomic E-state index is 13.0. The van der Waals surface area contributed by atoms with Gasteiger partial charge in [0.2, 0.25) is 5.91 Å². The van der Waals surface area contributed by atoms with Crippen molar-refractivity contribution in [2.75, 3.05) is 5.43 Å². The van der Waals surface area contributed by atoms with Crippen molar-refractivity contribution in [1.29, 1.82) is 0 Å². The molecule has 0 radical (unpaired) electrons. The Morgan fingerprint density at radius 2 is 1.81 bits per heavy atom. The topological polar surface area (TPSA) is 61.4 Å². The van der Waals surface area contributed by atoms with Crippen molar-refractivity contribution < 1.29 is 18.7 Å². The quantitative estimate of drug-likeness (QED) is 0.742. The molecule has 0 aliphatic heterocycles. The third-order valence-corrected chi connectivity index (χ3v) is 2.80. The Morgan fingerprint density at radius 1 is 1.10 bits per heavy atom. The number of aliphatic hydroxyl groups excluding tert-OH is 1. The summed E-state index contributed by atoms with van der Waals surface area (Å²) in [4.78, 5) is 11.7. The minimum absolute atomic E-state index is 0.225. The van der Waals surface area contributed by atoms with Crippen LogP contribution in [0.15, 0.2) is 48.5 Å². The monoisotopic (exact) mass is 292 g/mol. The fourth-order valence-electron chi connectivity index (χ4n) is 1.73. The number of hydrazine groups is 1. The van der Waals surface area contributed by atoms with Crippen LogP contribution in [0.3, 0.4) is 0 Å². The molecule has 2 rings (SSSR count). The second kappa shape index (κ2) is 6.81. The highest BCUT2D eigenvalue weighted by molar-refractivity contribution is 5.78. The summed E-state index contributed by atoms with van der Waals surface area (Å²) in [7, 11) is 0. The first kappa shape index (κ1) is 14.9. The van der Waals surface area contributed by atoms with Gasteiger partial charge in [0.25, 0.3) is 0 Å². The van der Waals surface area contributed by atoms with E-state index in [9.17, 15) is 18.7 Å². The Hall–Kier alpha value is -2.47. The predicted octanol–water partition coefficient (Wildman–Crippen LogP) is 2.53. The number of halogens is 2. The normalized spacial score (nSPS) is 11.8. The standard InChI is InChI=1S/C15H14F2N2O2/c16-11-4-6-13(7-5-11)18-19-15(21)9-14(20)10-2-1-3-12(17)8-10/h1-8,14,18,20H,9H2,(H,19,21). The van der Waals surface area contributed by atoms with Crippen LogP contribution >= 0.6 is 0 Å². The van der Waals surface area contributed by atoms with E-state index in [1.165, 1.54) is 48.5 Å². The number of rotatable bonds is 5. The molecule has 0 saturated carbocycles. The van der Waals surface area contributed by atoms with Crippen molar-refractivity contribution in [2.45, 2.75) is 12.5 Å². The fraction of sp³-hybridized carbons (Fsp3) is 0.133. The van der Waals surface area contributed by atoms with Gasteiger partial charge in [-0.05, 0) is 42.0 Å². The number of hydrogen-bond donors (Lipinski definition) is 3. The summed E-state index contributed by atoms with van der Waals surface area (Å²) in [6, 6.07) is 10.8. The van der Waals surface area contributed by atoms with Gasteiger partial charge in [0.05, 0.1) is 18.2 Å². The number of anilines is 1. The Balaban J connectivity index is 1.85. The first-order valence-corrected chi connectivity index (χ1v) is 6.28. The van der Waals surface area contributed by atoms with Gasteiger partial charge in [0.15, 0.2) is 0 Å². The molecule has 0 saturated heterocycles. The Morgan fingerprint density at radius 3 is 2.48 bits per heavy atom. The average Bonchev–Trinajstić information content (AvgIpc) is 2.46. The Kier molecular flexibility index (Phi) is 4.84. The number of carbonyl (C=O) groups excluding carboxylic acids is 1. The van der Waals surface area contributed by atoms with Gasteiger partial charge in [-0.1, -0.05) is 12.1 Å². The van der Waals surface area contributed by atoms with E-state index < -0.39 is 17.8 Å². The molecule has 0 aliphatic rings. The van der Waals surface area contributed by atoms with Crippen LogP contribution in [0.25, 0.3) is 0 Å². The van der Waals surface area contributed by atoms with Crippen molar-refractivity contribution in [1.82, 2.24) is 5.43 Å². The second-order valence-electron chi connectivity index (χ2n) is 4.45. The minimum atomic E-state index is -1.10. The maximum absolute atomic E-state index is 13.0. The van der Waals surface area contributed by atoms with E-state index in [1.807, 2.05) is 0 Å². The van der Waals surface area contributed by atoms with Crippen LogP contribution in [-0.2, 0) is 4.79 Å². The Labute approximate surface area is 120 Å². The fourth-order valence-corrected chi connectivity index (χ4v) is 1.73. The van der Waals surface area contributed by atoms with Gasteiger partial charge in [-0.3, -0.25) is 15.6 Å². The number of hydrogen-bond acceptors (Lipinski definition) is 3. The summed E-state index contributed by atoms with van der Waals surface area (Å²) in [6.07, 6.45) is -1.33. The highest BCUT2D eigenvalue weighted by Gasteiger charge is 2.13. The largest absolute Gasteiger partial charge is 0.388 e. The first-order chi connectivity index (χ1) is 10.0. The number of amides is 1. The third kappa shape index (κ3) is 4.54. The van der Waals surface area contributed by atoms with Gasteiger partial charge >= 0.3 is 0 Å². The van der Waals surface area contributed by atoms with E-state index in [4.69, 9.17) is 0 Å². The predicted molar refractivity (Wildman–Crippen MR) is 74.1 cm³/mol. The van der Waals surface area contributed by atoms with Crippen LogP contribution in [0.4, 0.5) is 14.5 Å². The molecule has 1 unspecified atom stereocenters. The molecule has 2 aromatic rings. The van der Waals surface area contributed by atoms with E-state index in [0.29, 0.717) is 11.3 Å². The molecule has 1 amide bonds. The van der Waals surface area contributed by atoms with Crippen molar-refractivity contribution in [2.24, 2.45) is 0 Å². The lowest BCUT2D eigenvalue weighted by Gasteiger charge is -2.12. The van der Waals surface area contributed by atoms with Gasteiger partial charge in [-0.2, -0.15) is 0 Å². The average molecular weight is 292 g/mol. The van der Waals surface area contributed by atoms with Gasteiger partial charge in [-0.25, -0.2) is 8.78 Å². The zero-order valence-corrected chi connectivity index (χ0v) is 11.0. The molecular formula is C15H14F2N2O2. The lowest BCUT2D eigenvalue weighted by molar-refractivity contribution is -0.122. The van der Waals surface area contributed by atoms with Crippen molar-refractivity contribution in [3.05, 3.63) is 65.7 Å². The molecule has 21 heavy (non-hydrogen) atoms. The van der Waals surface area contributed by atoms with Crippen molar-refractivity contribution in [3.8, 4) is 0 Å². The molecule has 110 valence electrons. The molecule has 0 aromatic heterocycles. The van der Waals surface area contributed by atoms with Crippen LogP contribution in [0, 0.1) is 11.6 Å². The lowest BCUT2D eigenvalue weighted by atomic mass is 10.1. The lowest BCUT2D eigenvalue weighted by Crippen LogP contribution is -2.30. The summed E-state index contributed by atoms with van der Waals surface area (Å²) < 4.78 is 25.7. The summed E-state index contributed by atoms with van der Waals surface area (Å²) in [5.41, 5.74) is 5.79. The van der Waals surface area contributed by atoms with Crippen LogP contribution < -0.4 is 10.9 Å². The zero-order chi connectivity index (χ0) is 15.2. The van der Waals surface area contributed by atoms with E-state index in [2.05, 4.69) is 10.9 Å². The highest BCUT2D eigenvalue weighted by Crippen LogP contribution is 2.17. The third-order valence-electron chi connectivity index (χ3n) is 2.80. The molecule has 0 bridgehead atoms. The van der Waals surface area contributed by atoms with E-state index >= 15 is 0 Å². The van der Waals surface area contributed by atoms with Gasteiger partial charge in [0, 0.05) is 0 Å². The second-order valence-corrected chi connectivity index (χ2v) is 4.45. The van der Waals surface area contributed by atoms with Crippen molar-refractivity contribution in [3.63, 3.8) is 0 Å². The summed E-state index contributed by atoms with van der Waals surface area (Å²) >= 11 is 0. The van der Waals surface area contributed by atoms with Crippen LogP contribution in [-0.4, -0.2) is 11.0 Å². The molecule has 1 atom stereocenters. The van der Waals surface area contributed by atoms with Gasteiger partial charge < -0.3 is 5.11 Å². The molecule has 0 spiro atoms. The number of carbonyl (C=O) groups is 1. The molecule has 4 nitrogen and oxygen atoms in total. The van der Waals surface area contributed by atoms with Crippen molar-refractivity contribution >= 4 is 11.6 Å². The number of nitrogens with one attached hydrogen (secondary N) is 2. The Bertz CT molecular complexity index is 617. The smallest absolute Gasteiger partial charge is 0.241 e. The number of aliphatic hydroxyl groups is 1. The van der Waals surface area contributed by atoms with Crippen LogP contribution in [0.2, 0.25) is 0 Å². The van der Waals surface area contributed by atoms with Gasteiger partial charge in [0.1, 0.15) is 11.6 Å². The highest BCUT2D eigenvalue weighted by atomic mass is 19.1. The van der Waals surface area contributed by atoms with Crippen LogP contribution in [0.5, 0.6) is 0 Å².